The lowest BCUT2D eigenvalue weighted by molar-refractivity contribution is -0.136. The van der Waals surface area contributed by atoms with Crippen LogP contribution >= 0.6 is 0 Å². The molecular formula is C34H39N3O5. The van der Waals surface area contributed by atoms with Crippen molar-refractivity contribution in [2.24, 2.45) is 0 Å². The van der Waals surface area contributed by atoms with Gasteiger partial charge in [0.1, 0.15) is 23.4 Å². The Morgan fingerprint density at radius 1 is 0.905 bits per heavy atom. The third-order valence-electron chi connectivity index (χ3n) is 6.79. The van der Waals surface area contributed by atoms with Gasteiger partial charge in [0.2, 0.25) is 0 Å². The summed E-state index contributed by atoms with van der Waals surface area (Å²) in [7, 11) is 0. The molecule has 42 heavy (non-hydrogen) atoms. The monoisotopic (exact) mass is 569 g/mol. The Morgan fingerprint density at radius 3 is 1.93 bits per heavy atom. The van der Waals surface area contributed by atoms with Crippen molar-refractivity contribution in [3.8, 4) is 18.2 Å². The predicted octanol–water partition coefficient (Wildman–Crippen LogP) is 5.86. The maximum atomic E-state index is 14.3. The minimum Gasteiger partial charge on any atom is -0.508 e. The first kappa shape index (κ1) is 31.8. The molecule has 3 amide bonds. The molecule has 8 nitrogen and oxygen atoms in total. The molecule has 0 fully saturated rings. The Balaban J connectivity index is 2.10. The number of aryl methyl sites for hydroxylation is 4. The van der Waals surface area contributed by atoms with E-state index in [1.165, 1.54) is 12.1 Å². The van der Waals surface area contributed by atoms with Gasteiger partial charge in [-0.1, -0.05) is 55.0 Å². The minimum atomic E-state index is -1.20. The molecule has 2 unspecified atom stereocenters. The number of alkyl carbamates (subject to hydrolysis) is 1. The van der Waals surface area contributed by atoms with Crippen LogP contribution in [0.1, 0.15) is 60.2 Å². The van der Waals surface area contributed by atoms with Crippen LogP contribution in [0.15, 0.2) is 60.7 Å². The highest BCUT2D eigenvalue weighted by Crippen LogP contribution is 2.31. The van der Waals surface area contributed by atoms with Gasteiger partial charge in [-0.05, 0) is 94.0 Å². The number of anilines is 1. The number of aromatic hydroxyl groups is 1. The summed E-state index contributed by atoms with van der Waals surface area (Å²) in [6.07, 6.45) is 5.22. The Hall–Kier alpha value is -4.77. The molecule has 3 aromatic carbocycles. The molecule has 0 radical (unpaired) electrons. The number of amides is 3. The number of phenols is 1. The number of hydrogen-bond acceptors (Lipinski definition) is 5. The normalized spacial score (nSPS) is 12.4. The minimum absolute atomic E-state index is 0.0362. The summed E-state index contributed by atoms with van der Waals surface area (Å²) in [5.74, 6) is -1.09. The van der Waals surface area contributed by atoms with Crippen molar-refractivity contribution in [3.05, 3.63) is 94.0 Å². The van der Waals surface area contributed by atoms with Gasteiger partial charge in [-0.25, -0.2) is 4.79 Å². The molecule has 0 bridgehead atoms. The number of benzene rings is 3. The third kappa shape index (κ3) is 7.91. The van der Waals surface area contributed by atoms with E-state index in [1.807, 2.05) is 64.1 Å². The molecule has 220 valence electrons. The van der Waals surface area contributed by atoms with E-state index in [2.05, 4.69) is 16.7 Å². The van der Waals surface area contributed by atoms with Crippen LogP contribution in [-0.2, 0) is 20.7 Å². The van der Waals surface area contributed by atoms with Crippen molar-refractivity contribution in [1.29, 1.82) is 0 Å². The molecular weight excluding hydrogens is 530 g/mol. The van der Waals surface area contributed by atoms with E-state index in [9.17, 15) is 19.5 Å². The second-order valence-electron chi connectivity index (χ2n) is 11.4. The summed E-state index contributed by atoms with van der Waals surface area (Å²) in [5, 5.41) is 15.4. The molecule has 0 spiro atoms. The zero-order valence-corrected chi connectivity index (χ0v) is 25.2. The number of ether oxygens (including phenoxy) is 1. The fourth-order valence-electron chi connectivity index (χ4n) is 4.79. The predicted molar refractivity (Wildman–Crippen MR) is 164 cm³/mol. The highest BCUT2D eigenvalue weighted by Gasteiger charge is 2.37. The van der Waals surface area contributed by atoms with Gasteiger partial charge in [0, 0.05) is 18.2 Å². The Kier molecular flexibility index (Phi) is 10.0. The molecule has 3 rings (SSSR count). The molecule has 0 aliphatic carbocycles. The molecule has 0 aliphatic heterocycles. The zero-order valence-electron chi connectivity index (χ0n) is 25.2. The van der Waals surface area contributed by atoms with Gasteiger partial charge in [0.15, 0.2) is 0 Å². The quantitative estimate of drug-likeness (QED) is 0.233. The first-order valence-electron chi connectivity index (χ1n) is 13.7. The van der Waals surface area contributed by atoms with Gasteiger partial charge in [0.05, 0.1) is 0 Å². The standard InChI is InChI=1S/C34H39N3O5/c1-9-37(32(40)27(35-33(41)42-34(6,7)8)20-25-16-18-26(38)19-17-25)30(28-21(2)12-10-13-22(28)3)31(39)36-29-23(4)14-11-15-24(29)5/h1,10-19,27,30,38H,20H2,2-8H3,(H,35,41)(H,36,39). The summed E-state index contributed by atoms with van der Waals surface area (Å²) in [6, 6.07) is 17.6. The van der Waals surface area contributed by atoms with Crippen LogP contribution in [0.25, 0.3) is 0 Å². The summed E-state index contributed by atoms with van der Waals surface area (Å²) in [6.45, 7) is 12.6. The smallest absolute Gasteiger partial charge is 0.408 e. The van der Waals surface area contributed by atoms with Crippen LogP contribution in [0, 0.1) is 40.2 Å². The van der Waals surface area contributed by atoms with E-state index >= 15 is 0 Å². The summed E-state index contributed by atoms with van der Waals surface area (Å²) in [4.78, 5) is 42.3. The van der Waals surface area contributed by atoms with E-state index in [1.54, 1.807) is 32.9 Å². The van der Waals surface area contributed by atoms with Gasteiger partial charge in [-0.2, -0.15) is 0 Å². The van der Waals surface area contributed by atoms with Crippen LogP contribution in [-0.4, -0.2) is 39.6 Å². The van der Waals surface area contributed by atoms with Gasteiger partial charge in [-0.15, -0.1) is 0 Å². The second-order valence-corrected chi connectivity index (χ2v) is 11.4. The maximum absolute atomic E-state index is 14.3. The van der Waals surface area contributed by atoms with E-state index in [0.29, 0.717) is 16.8 Å². The molecule has 0 aromatic heterocycles. The Labute approximate surface area is 248 Å². The Bertz CT molecular complexity index is 1460. The van der Waals surface area contributed by atoms with Crippen molar-refractivity contribution in [2.75, 3.05) is 5.32 Å². The number of carbonyl (C=O) groups excluding carboxylic acids is 3. The number of carbonyl (C=O) groups is 3. The Morgan fingerprint density at radius 2 is 1.43 bits per heavy atom. The number of phenolic OH excluding ortho intramolecular Hbond substituents is 1. The lowest BCUT2D eigenvalue weighted by Gasteiger charge is -2.32. The number of nitrogens with one attached hydrogen (secondary N) is 2. The molecule has 0 saturated heterocycles. The number of hydrogen-bond donors (Lipinski definition) is 3. The molecule has 2 atom stereocenters. The van der Waals surface area contributed by atoms with Gasteiger partial charge < -0.3 is 20.5 Å². The SMILES string of the molecule is C#CN(C(=O)C(Cc1ccc(O)cc1)NC(=O)OC(C)(C)C)C(C(=O)Nc1c(C)cccc1C)c1c(C)cccc1C. The van der Waals surface area contributed by atoms with Crippen LogP contribution in [0.5, 0.6) is 5.75 Å². The first-order valence-corrected chi connectivity index (χ1v) is 13.7. The molecule has 8 heteroatoms. The van der Waals surface area contributed by atoms with Crippen molar-refractivity contribution < 1.29 is 24.2 Å². The topological polar surface area (TPSA) is 108 Å². The fraction of sp³-hybridized carbons (Fsp3) is 0.324. The molecule has 0 saturated carbocycles. The van der Waals surface area contributed by atoms with Crippen LogP contribution in [0.3, 0.4) is 0 Å². The first-order chi connectivity index (χ1) is 19.7. The van der Waals surface area contributed by atoms with Crippen LogP contribution in [0.4, 0.5) is 10.5 Å². The van der Waals surface area contributed by atoms with Crippen molar-refractivity contribution in [2.45, 2.75) is 72.6 Å². The van der Waals surface area contributed by atoms with Crippen molar-refractivity contribution in [1.82, 2.24) is 10.2 Å². The second kappa shape index (κ2) is 13.3. The third-order valence-corrected chi connectivity index (χ3v) is 6.79. The van der Waals surface area contributed by atoms with E-state index in [0.717, 1.165) is 27.2 Å². The average molecular weight is 570 g/mol. The van der Waals surface area contributed by atoms with Crippen molar-refractivity contribution in [3.63, 3.8) is 0 Å². The molecule has 3 N–H and O–H groups in total. The largest absolute Gasteiger partial charge is 0.508 e. The van der Waals surface area contributed by atoms with E-state index in [4.69, 9.17) is 11.2 Å². The summed E-state index contributed by atoms with van der Waals surface area (Å²) in [5.41, 5.74) is 4.35. The van der Waals surface area contributed by atoms with E-state index in [-0.39, 0.29) is 12.2 Å². The van der Waals surface area contributed by atoms with Crippen LogP contribution < -0.4 is 10.6 Å². The maximum Gasteiger partial charge on any atom is 0.408 e. The average Bonchev–Trinajstić information content (AvgIpc) is 2.89. The van der Waals surface area contributed by atoms with Gasteiger partial charge >= 0.3 is 6.09 Å². The summed E-state index contributed by atoms with van der Waals surface area (Å²) >= 11 is 0. The number of rotatable bonds is 8. The lowest BCUT2D eigenvalue weighted by atomic mass is 9.93. The van der Waals surface area contributed by atoms with E-state index < -0.39 is 35.6 Å². The van der Waals surface area contributed by atoms with Crippen LogP contribution in [0.2, 0.25) is 0 Å². The zero-order chi connectivity index (χ0) is 31.2. The number of para-hydroxylation sites is 1. The number of terminal acetylenes is 1. The van der Waals surface area contributed by atoms with Gasteiger partial charge in [-0.3, -0.25) is 14.5 Å². The number of nitrogens with zero attached hydrogens (tertiary/aromatic N) is 1. The fourth-order valence-corrected chi connectivity index (χ4v) is 4.79. The summed E-state index contributed by atoms with van der Waals surface area (Å²) < 4.78 is 5.43. The molecule has 0 aliphatic rings. The highest BCUT2D eigenvalue weighted by atomic mass is 16.6. The van der Waals surface area contributed by atoms with Crippen molar-refractivity contribution >= 4 is 23.6 Å². The highest BCUT2D eigenvalue weighted by molar-refractivity contribution is 6.01. The molecule has 0 heterocycles. The molecule has 3 aromatic rings. The lowest BCUT2D eigenvalue weighted by Crippen LogP contribution is -2.52. The van der Waals surface area contributed by atoms with Gasteiger partial charge in [0.25, 0.3) is 11.8 Å².